The molecule has 15 heavy (non-hydrogen) atoms. The third-order valence-corrected chi connectivity index (χ3v) is 3.51. The second kappa shape index (κ2) is 4.77. The van der Waals surface area contributed by atoms with Crippen LogP contribution in [0.5, 0.6) is 0 Å². The highest BCUT2D eigenvalue weighted by Gasteiger charge is 2.40. The van der Waals surface area contributed by atoms with Crippen LogP contribution in [0.4, 0.5) is 0 Å². The molecule has 0 radical (unpaired) electrons. The largest absolute Gasteiger partial charge is 0.481 e. The first-order chi connectivity index (χ1) is 10.4. The molecule has 1 unspecified atom stereocenters. The molecule has 0 spiro atoms. The highest BCUT2D eigenvalue weighted by molar-refractivity contribution is 8.00. The number of carboxylic acids is 1. The van der Waals surface area contributed by atoms with Crippen molar-refractivity contribution in [2.24, 2.45) is 5.41 Å². The van der Waals surface area contributed by atoms with E-state index in [9.17, 15) is 9.90 Å². The van der Waals surface area contributed by atoms with Gasteiger partial charge in [-0.1, -0.05) is 39.9 Å². The average molecular weight is 239 g/mol. The molecule has 0 bridgehead atoms. The lowest BCUT2D eigenvalue weighted by Gasteiger charge is -2.34. The molecule has 0 aromatic heterocycles. The summed E-state index contributed by atoms with van der Waals surface area (Å²) in [5.74, 6) is -2.04. The summed E-state index contributed by atoms with van der Waals surface area (Å²) in [4.78, 5) is 11.9. The van der Waals surface area contributed by atoms with Crippen molar-refractivity contribution in [2.75, 3.05) is 5.75 Å². The summed E-state index contributed by atoms with van der Waals surface area (Å²) in [5, 5.41) is 9.64. The van der Waals surface area contributed by atoms with Gasteiger partial charge in [-0.2, -0.15) is 11.8 Å². The van der Waals surface area contributed by atoms with Gasteiger partial charge >= 0.3 is 5.97 Å². The van der Waals surface area contributed by atoms with Gasteiger partial charge in [-0.15, -0.1) is 0 Å². The Morgan fingerprint density at radius 2 is 2.40 bits per heavy atom. The quantitative estimate of drug-likeness (QED) is 0.818. The maximum absolute atomic E-state index is 11.9. The van der Waals surface area contributed by atoms with E-state index in [0.717, 1.165) is 11.8 Å². The van der Waals surface area contributed by atoms with E-state index in [0.29, 0.717) is 0 Å². The molecular weight excluding hydrogens is 208 g/mol. The molecule has 1 N–H and O–H groups in total. The topological polar surface area (TPSA) is 37.3 Å². The molecule has 0 aromatic rings. The number of carboxylic acid groups (broad SMARTS) is 1. The Hall–Kier alpha value is -0.180. The van der Waals surface area contributed by atoms with Gasteiger partial charge in [0.25, 0.3) is 0 Å². The summed E-state index contributed by atoms with van der Waals surface area (Å²) < 4.78 is 68.5. The first kappa shape index (κ1) is 4.99. The van der Waals surface area contributed by atoms with Crippen LogP contribution < -0.4 is 0 Å². The molecule has 0 amide bonds. The Balaban J connectivity index is 3.30. The number of carbonyl (C=O) groups is 1. The molecule has 1 aliphatic rings. The van der Waals surface area contributed by atoms with E-state index >= 15 is 0 Å². The zero-order valence-corrected chi connectivity index (χ0v) is 9.70. The van der Waals surface area contributed by atoms with Crippen molar-refractivity contribution in [3.63, 3.8) is 0 Å². The molecule has 0 saturated heterocycles. The first-order valence-corrected chi connectivity index (χ1v) is 5.72. The standard InChI is InChI=1S/C12H22O2S/c1-11(2,3)15-9-12(10(13)14)7-5-4-6-8-12/h4-9H2,1-3H3,(H,13,14)/i1D3,4D2,5D2,7D2. The van der Waals surface area contributed by atoms with Crippen LogP contribution in [-0.4, -0.2) is 21.6 Å². The van der Waals surface area contributed by atoms with E-state index in [4.69, 9.17) is 12.3 Å². The molecule has 0 heterocycles. The lowest BCUT2D eigenvalue weighted by Crippen LogP contribution is -2.36. The van der Waals surface area contributed by atoms with Gasteiger partial charge in [-0.25, -0.2) is 0 Å². The minimum Gasteiger partial charge on any atom is -0.481 e. The Bertz CT molecular complexity index is 515. The van der Waals surface area contributed by atoms with Crippen LogP contribution in [0.15, 0.2) is 0 Å². The molecule has 1 atom stereocenters. The van der Waals surface area contributed by atoms with Crippen molar-refractivity contribution >= 4 is 17.7 Å². The van der Waals surface area contributed by atoms with Gasteiger partial charge < -0.3 is 5.11 Å². The Labute approximate surface area is 109 Å². The van der Waals surface area contributed by atoms with Crippen molar-refractivity contribution < 1.29 is 22.2 Å². The summed E-state index contributed by atoms with van der Waals surface area (Å²) in [6.45, 7) is 0.380. The van der Waals surface area contributed by atoms with Crippen molar-refractivity contribution in [1.29, 1.82) is 0 Å². The molecule has 3 heteroatoms. The van der Waals surface area contributed by atoms with Gasteiger partial charge in [0, 0.05) is 22.8 Å². The molecule has 1 saturated carbocycles. The van der Waals surface area contributed by atoms with E-state index in [1.807, 2.05) is 0 Å². The fourth-order valence-corrected chi connectivity index (χ4v) is 2.15. The summed E-state index contributed by atoms with van der Waals surface area (Å²) in [7, 11) is 0. The minimum atomic E-state index is -3.03. The summed E-state index contributed by atoms with van der Waals surface area (Å²) >= 11 is 0.750. The number of hydrogen-bond acceptors (Lipinski definition) is 2. The van der Waals surface area contributed by atoms with Crippen LogP contribution in [0.2, 0.25) is 0 Å². The third kappa shape index (κ3) is 3.71. The molecule has 1 aliphatic carbocycles. The molecule has 1 fully saturated rings. The van der Waals surface area contributed by atoms with Crippen LogP contribution >= 0.6 is 11.8 Å². The second-order valence-electron chi connectivity index (χ2n) is 4.11. The van der Waals surface area contributed by atoms with E-state index in [1.165, 1.54) is 13.8 Å². The maximum Gasteiger partial charge on any atom is 0.310 e. The Kier molecular flexibility index (Phi) is 1.59. The number of rotatable bonds is 3. The van der Waals surface area contributed by atoms with Crippen LogP contribution in [0, 0.1) is 5.41 Å². The van der Waals surface area contributed by atoms with Gasteiger partial charge in [0.1, 0.15) is 0 Å². The van der Waals surface area contributed by atoms with E-state index in [1.54, 1.807) is 0 Å². The second-order valence-corrected chi connectivity index (χ2v) is 5.71. The van der Waals surface area contributed by atoms with Gasteiger partial charge in [0.05, 0.1) is 5.41 Å². The van der Waals surface area contributed by atoms with E-state index in [2.05, 4.69) is 0 Å². The Morgan fingerprint density at radius 1 is 1.67 bits per heavy atom. The predicted molar refractivity (Wildman–Crippen MR) is 65.4 cm³/mol. The van der Waals surface area contributed by atoms with Crippen LogP contribution in [0.1, 0.15) is 65.0 Å². The number of hydrogen-bond donors (Lipinski definition) is 1. The molecule has 1 rings (SSSR count). The SMILES string of the molecule is [2H]C([2H])([2H])C(C)(C)SCC1(C(=O)O)CCC([2H])([2H])C([2H])([2H])C1([2H])[2H]. The molecule has 2 nitrogen and oxygen atoms in total. The average Bonchev–Trinajstić information content (AvgIpc) is 2.34. The molecular formula is C12H22O2S. The molecule has 0 aliphatic heterocycles. The van der Waals surface area contributed by atoms with Gasteiger partial charge in [-0.3, -0.25) is 4.79 Å². The van der Waals surface area contributed by atoms with Crippen molar-refractivity contribution in [2.45, 2.75) is 57.4 Å². The third-order valence-electron chi connectivity index (χ3n) is 2.16. The van der Waals surface area contributed by atoms with Crippen molar-refractivity contribution in [3.05, 3.63) is 0 Å². The highest BCUT2D eigenvalue weighted by Crippen LogP contribution is 2.41. The zero-order chi connectivity index (χ0) is 19.4. The monoisotopic (exact) mass is 239 g/mol. The Morgan fingerprint density at radius 3 is 3.00 bits per heavy atom. The van der Waals surface area contributed by atoms with E-state index < -0.39 is 60.7 Å². The maximum atomic E-state index is 11.9. The molecule has 0 aromatic carbocycles. The van der Waals surface area contributed by atoms with Crippen LogP contribution in [0.3, 0.4) is 0 Å². The zero-order valence-electron chi connectivity index (χ0n) is 17.9. The number of aliphatic carboxylic acids is 1. The van der Waals surface area contributed by atoms with Gasteiger partial charge in [0.15, 0.2) is 0 Å². The molecule has 88 valence electrons. The summed E-state index contributed by atoms with van der Waals surface area (Å²) in [5.41, 5.74) is -2.21. The highest BCUT2D eigenvalue weighted by atomic mass is 32.2. The van der Waals surface area contributed by atoms with Gasteiger partial charge in [0.2, 0.25) is 0 Å². The lowest BCUT2D eigenvalue weighted by atomic mass is 9.76. The van der Waals surface area contributed by atoms with Crippen LogP contribution in [0.25, 0.3) is 0 Å². The van der Waals surface area contributed by atoms with Gasteiger partial charge in [-0.05, 0) is 12.8 Å². The predicted octanol–water partition coefficient (Wildman–Crippen LogP) is 3.55. The van der Waals surface area contributed by atoms with Crippen molar-refractivity contribution in [3.8, 4) is 0 Å². The summed E-state index contributed by atoms with van der Waals surface area (Å²) in [6, 6.07) is 0. The first-order valence-electron chi connectivity index (χ1n) is 9.23. The fraction of sp³-hybridized carbons (Fsp3) is 0.917. The smallest absolute Gasteiger partial charge is 0.310 e. The summed E-state index contributed by atoms with van der Waals surface area (Å²) in [6.07, 6.45) is -9.42. The van der Waals surface area contributed by atoms with Crippen LogP contribution in [-0.2, 0) is 4.79 Å². The minimum absolute atomic E-state index is 0.411. The normalized spacial score (nSPS) is 47.5. The fourth-order valence-electron chi connectivity index (χ4n) is 1.20. The lowest BCUT2D eigenvalue weighted by molar-refractivity contribution is -0.149. The van der Waals surface area contributed by atoms with Crippen molar-refractivity contribution in [1.82, 2.24) is 0 Å². The number of thioether (sulfide) groups is 1. The van der Waals surface area contributed by atoms with E-state index in [-0.39, 0.29) is 0 Å².